The summed E-state index contributed by atoms with van der Waals surface area (Å²) in [7, 11) is 0. The van der Waals surface area contributed by atoms with Crippen molar-refractivity contribution in [2.75, 3.05) is 13.2 Å². The summed E-state index contributed by atoms with van der Waals surface area (Å²) in [5.41, 5.74) is 1.52. The quantitative estimate of drug-likeness (QED) is 0.814. The molecule has 1 aromatic rings. The van der Waals surface area contributed by atoms with E-state index in [2.05, 4.69) is 36.0 Å². The van der Waals surface area contributed by atoms with Crippen LogP contribution in [0.25, 0.3) is 0 Å². The van der Waals surface area contributed by atoms with Gasteiger partial charge in [-0.15, -0.1) is 0 Å². The van der Waals surface area contributed by atoms with Crippen molar-refractivity contribution in [3.05, 3.63) is 22.4 Å². The van der Waals surface area contributed by atoms with E-state index in [-0.39, 0.29) is 5.60 Å². The van der Waals surface area contributed by atoms with Gasteiger partial charge in [-0.1, -0.05) is 19.8 Å². The zero-order valence-electron chi connectivity index (χ0n) is 11.6. The van der Waals surface area contributed by atoms with Crippen LogP contribution in [0.2, 0.25) is 0 Å². The summed E-state index contributed by atoms with van der Waals surface area (Å²) in [5, 5.41) is 8.10. The number of nitrogens with one attached hydrogen (secondary N) is 1. The van der Waals surface area contributed by atoms with Gasteiger partial charge in [0.15, 0.2) is 0 Å². The van der Waals surface area contributed by atoms with Crippen LogP contribution in [-0.2, 0) is 11.2 Å². The summed E-state index contributed by atoms with van der Waals surface area (Å²) in [6, 6.07) is 2.70. The number of thiophene rings is 1. The minimum atomic E-state index is 0.0761. The van der Waals surface area contributed by atoms with Gasteiger partial charge in [0, 0.05) is 12.6 Å². The van der Waals surface area contributed by atoms with Gasteiger partial charge in [0.1, 0.15) is 0 Å². The fourth-order valence-electron chi connectivity index (χ4n) is 3.19. The lowest BCUT2D eigenvalue weighted by Gasteiger charge is -2.38. The van der Waals surface area contributed by atoms with Crippen LogP contribution in [0.1, 0.15) is 45.1 Å². The zero-order chi connectivity index (χ0) is 12.8. The predicted octanol–water partition coefficient (Wildman–Crippen LogP) is 3.62. The maximum atomic E-state index is 6.19. The molecule has 3 heteroatoms. The Labute approximate surface area is 115 Å². The number of likely N-dealkylation sites (N-methyl/N-ethyl adjacent to an activating group) is 1. The van der Waals surface area contributed by atoms with Gasteiger partial charge in [0.25, 0.3) is 0 Å². The molecule has 0 aliphatic heterocycles. The fourth-order valence-corrected chi connectivity index (χ4v) is 3.87. The summed E-state index contributed by atoms with van der Waals surface area (Å²) in [6.07, 6.45) is 6.14. The third-order valence-corrected chi connectivity index (χ3v) is 4.72. The summed E-state index contributed by atoms with van der Waals surface area (Å²) in [6.45, 7) is 6.15. The van der Waals surface area contributed by atoms with E-state index in [1.165, 1.54) is 31.2 Å². The molecular weight excluding hydrogens is 242 g/mol. The zero-order valence-corrected chi connectivity index (χ0v) is 12.4. The molecule has 102 valence electrons. The van der Waals surface area contributed by atoms with Crippen LogP contribution in [0, 0.1) is 0 Å². The van der Waals surface area contributed by atoms with Crippen molar-refractivity contribution in [2.45, 2.75) is 57.6 Å². The molecule has 1 saturated carbocycles. The van der Waals surface area contributed by atoms with Gasteiger partial charge in [-0.2, -0.15) is 11.3 Å². The second-order valence-corrected chi connectivity index (χ2v) is 5.93. The third kappa shape index (κ3) is 3.14. The Kier molecular flexibility index (Phi) is 5.22. The van der Waals surface area contributed by atoms with E-state index >= 15 is 0 Å². The first-order valence-electron chi connectivity index (χ1n) is 7.19. The van der Waals surface area contributed by atoms with E-state index in [9.17, 15) is 0 Å². The third-order valence-electron chi connectivity index (χ3n) is 3.99. The first-order valence-corrected chi connectivity index (χ1v) is 8.13. The highest BCUT2D eigenvalue weighted by molar-refractivity contribution is 7.07. The highest BCUT2D eigenvalue weighted by Gasteiger charge is 2.41. The van der Waals surface area contributed by atoms with Gasteiger partial charge in [0.2, 0.25) is 0 Å². The average molecular weight is 267 g/mol. The van der Waals surface area contributed by atoms with Crippen molar-refractivity contribution in [1.29, 1.82) is 0 Å². The molecule has 2 rings (SSSR count). The largest absolute Gasteiger partial charge is 0.374 e. The number of hydrogen-bond acceptors (Lipinski definition) is 3. The molecule has 1 fully saturated rings. The molecule has 1 aromatic heterocycles. The lowest BCUT2D eigenvalue weighted by atomic mass is 9.87. The second-order valence-electron chi connectivity index (χ2n) is 5.15. The first kappa shape index (κ1) is 14.0. The maximum absolute atomic E-state index is 6.19. The normalized spacial score (nSPS) is 20.1. The molecule has 18 heavy (non-hydrogen) atoms. The summed E-state index contributed by atoms with van der Waals surface area (Å²) >= 11 is 1.79. The second kappa shape index (κ2) is 6.69. The van der Waals surface area contributed by atoms with Crippen molar-refractivity contribution < 1.29 is 4.74 Å². The van der Waals surface area contributed by atoms with Crippen LogP contribution in [0.5, 0.6) is 0 Å². The molecule has 0 spiro atoms. The minimum absolute atomic E-state index is 0.0761. The van der Waals surface area contributed by atoms with E-state index in [0.717, 1.165) is 19.6 Å². The van der Waals surface area contributed by atoms with Crippen LogP contribution in [-0.4, -0.2) is 24.8 Å². The Morgan fingerprint density at radius 1 is 1.39 bits per heavy atom. The molecule has 1 unspecified atom stereocenters. The number of rotatable bonds is 7. The average Bonchev–Trinajstić information content (AvgIpc) is 3.01. The molecule has 1 heterocycles. The molecule has 1 aliphatic rings. The van der Waals surface area contributed by atoms with E-state index < -0.39 is 0 Å². The van der Waals surface area contributed by atoms with Gasteiger partial charge < -0.3 is 10.1 Å². The highest BCUT2D eigenvalue weighted by atomic mass is 32.1. The fraction of sp³-hybridized carbons (Fsp3) is 0.733. The van der Waals surface area contributed by atoms with Crippen molar-refractivity contribution >= 4 is 11.3 Å². The Bertz CT molecular complexity index is 330. The first-order chi connectivity index (χ1) is 8.80. The molecule has 2 nitrogen and oxygen atoms in total. The molecular formula is C15H25NOS. The molecule has 1 N–H and O–H groups in total. The van der Waals surface area contributed by atoms with E-state index in [0.29, 0.717) is 6.04 Å². The van der Waals surface area contributed by atoms with E-state index in [1.807, 2.05) is 0 Å². The van der Waals surface area contributed by atoms with Crippen molar-refractivity contribution in [2.24, 2.45) is 0 Å². The van der Waals surface area contributed by atoms with Crippen molar-refractivity contribution in [3.8, 4) is 0 Å². The van der Waals surface area contributed by atoms with Gasteiger partial charge in [-0.05, 0) is 55.1 Å². The summed E-state index contributed by atoms with van der Waals surface area (Å²) in [5.74, 6) is 0. The van der Waals surface area contributed by atoms with Gasteiger partial charge >= 0.3 is 0 Å². The van der Waals surface area contributed by atoms with Crippen molar-refractivity contribution in [1.82, 2.24) is 5.32 Å². The topological polar surface area (TPSA) is 21.3 Å². The lowest BCUT2D eigenvalue weighted by molar-refractivity contribution is -0.0609. The maximum Gasteiger partial charge on any atom is 0.0837 e. The monoisotopic (exact) mass is 267 g/mol. The van der Waals surface area contributed by atoms with Gasteiger partial charge in [0.05, 0.1) is 5.60 Å². The van der Waals surface area contributed by atoms with Gasteiger partial charge in [-0.25, -0.2) is 0 Å². The molecule has 0 aromatic carbocycles. The van der Waals surface area contributed by atoms with Crippen LogP contribution in [0.15, 0.2) is 16.8 Å². The SMILES string of the molecule is CCNC(Cc1ccsc1)C1(OCC)CCCC1. The predicted molar refractivity (Wildman–Crippen MR) is 78.3 cm³/mol. The van der Waals surface area contributed by atoms with Crippen LogP contribution >= 0.6 is 11.3 Å². The van der Waals surface area contributed by atoms with Crippen LogP contribution < -0.4 is 5.32 Å². The van der Waals surface area contributed by atoms with E-state index in [1.54, 1.807) is 11.3 Å². The smallest absolute Gasteiger partial charge is 0.0837 e. The lowest BCUT2D eigenvalue weighted by Crippen LogP contribution is -2.52. The number of ether oxygens (including phenoxy) is 1. The number of hydrogen-bond donors (Lipinski definition) is 1. The van der Waals surface area contributed by atoms with Crippen LogP contribution in [0.4, 0.5) is 0 Å². The van der Waals surface area contributed by atoms with E-state index in [4.69, 9.17) is 4.74 Å². The standard InChI is InChI=1S/C15H25NOS/c1-3-16-14(11-13-7-10-18-12-13)15(17-4-2)8-5-6-9-15/h7,10,12,14,16H,3-6,8-9,11H2,1-2H3. The molecule has 1 aliphatic carbocycles. The Balaban J connectivity index is 2.10. The molecule has 1 atom stereocenters. The summed E-state index contributed by atoms with van der Waals surface area (Å²) in [4.78, 5) is 0. The molecule has 0 bridgehead atoms. The Morgan fingerprint density at radius 2 is 2.17 bits per heavy atom. The summed E-state index contributed by atoms with van der Waals surface area (Å²) < 4.78 is 6.19. The van der Waals surface area contributed by atoms with Crippen LogP contribution in [0.3, 0.4) is 0 Å². The van der Waals surface area contributed by atoms with Crippen molar-refractivity contribution in [3.63, 3.8) is 0 Å². The highest BCUT2D eigenvalue weighted by Crippen LogP contribution is 2.37. The molecule has 0 saturated heterocycles. The Morgan fingerprint density at radius 3 is 2.72 bits per heavy atom. The molecule has 0 radical (unpaired) electrons. The van der Waals surface area contributed by atoms with Gasteiger partial charge in [-0.3, -0.25) is 0 Å². The Hall–Kier alpha value is -0.380. The molecule has 0 amide bonds. The minimum Gasteiger partial charge on any atom is -0.374 e.